The monoisotopic (exact) mass is 494 g/mol. The molecule has 0 saturated carbocycles. The Hall–Kier alpha value is -3.85. The van der Waals surface area contributed by atoms with Crippen LogP contribution in [0, 0.1) is 0 Å². The molecule has 1 aromatic heterocycles. The zero-order valence-electron chi connectivity index (χ0n) is 19.9. The lowest BCUT2D eigenvalue weighted by atomic mass is 9.96. The molecule has 0 saturated heterocycles. The van der Waals surface area contributed by atoms with Gasteiger partial charge in [0.1, 0.15) is 5.75 Å². The van der Waals surface area contributed by atoms with Gasteiger partial charge >= 0.3 is 5.97 Å². The summed E-state index contributed by atoms with van der Waals surface area (Å²) in [6.45, 7) is 6.39. The van der Waals surface area contributed by atoms with E-state index in [0.717, 1.165) is 5.56 Å². The molecule has 0 aliphatic carbocycles. The Morgan fingerprint density at radius 1 is 1.14 bits per heavy atom. The van der Waals surface area contributed by atoms with Crippen LogP contribution < -0.4 is 24.4 Å². The Kier molecular flexibility index (Phi) is 7.07. The highest BCUT2D eigenvalue weighted by Crippen LogP contribution is 2.31. The third-order valence-electron chi connectivity index (χ3n) is 5.52. The van der Waals surface area contributed by atoms with Crippen molar-refractivity contribution < 1.29 is 24.1 Å². The molecule has 0 bridgehead atoms. The lowest BCUT2D eigenvalue weighted by Gasteiger charge is -2.24. The normalized spacial score (nSPS) is 15.4. The summed E-state index contributed by atoms with van der Waals surface area (Å²) in [7, 11) is 1.31. The number of rotatable bonds is 7. The van der Waals surface area contributed by atoms with Gasteiger partial charge in [-0.2, -0.15) is 0 Å². The Labute approximate surface area is 206 Å². The standard InChI is InChI=1S/C26H26N2O6S/c1-5-33-18-10-8-17(9-11-18)23-22(25(31)32-4)15(3)27-26-28(23)24(30)21(35-26)14-16-7-12-19(29)20(13-16)34-6-2/h7-14,23,29H,5-6H2,1-4H3/b21-14-. The highest BCUT2D eigenvalue weighted by Gasteiger charge is 2.33. The van der Waals surface area contributed by atoms with E-state index in [9.17, 15) is 14.7 Å². The molecule has 182 valence electrons. The van der Waals surface area contributed by atoms with E-state index in [4.69, 9.17) is 14.2 Å². The number of esters is 1. The first-order chi connectivity index (χ1) is 16.9. The first kappa shape index (κ1) is 24.3. The summed E-state index contributed by atoms with van der Waals surface area (Å²) in [6.07, 6.45) is 1.72. The molecule has 35 heavy (non-hydrogen) atoms. The zero-order chi connectivity index (χ0) is 25.1. The van der Waals surface area contributed by atoms with E-state index in [1.54, 1.807) is 25.1 Å². The van der Waals surface area contributed by atoms with E-state index >= 15 is 0 Å². The molecule has 1 N–H and O–H groups in total. The number of hydrogen-bond acceptors (Lipinski definition) is 8. The molecule has 3 aromatic rings. The maximum absolute atomic E-state index is 13.6. The van der Waals surface area contributed by atoms with Crippen molar-refractivity contribution >= 4 is 23.4 Å². The summed E-state index contributed by atoms with van der Waals surface area (Å²) in [5.41, 5.74) is 1.94. The summed E-state index contributed by atoms with van der Waals surface area (Å²) < 4.78 is 18.0. The Morgan fingerprint density at radius 2 is 1.86 bits per heavy atom. The lowest BCUT2D eigenvalue weighted by Crippen LogP contribution is -2.39. The van der Waals surface area contributed by atoms with Crippen LogP contribution in [-0.2, 0) is 9.53 Å². The Balaban J connectivity index is 1.89. The number of thiazole rings is 1. The molecule has 2 heterocycles. The predicted molar refractivity (Wildman–Crippen MR) is 133 cm³/mol. The van der Waals surface area contributed by atoms with Crippen LogP contribution in [0.15, 0.2) is 63.5 Å². The molecule has 1 aliphatic rings. The minimum atomic E-state index is -0.699. The third kappa shape index (κ3) is 4.72. The van der Waals surface area contributed by atoms with Crippen LogP contribution in [0.4, 0.5) is 0 Å². The van der Waals surface area contributed by atoms with Crippen LogP contribution in [-0.4, -0.2) is 36.0 Å². The van der Waals surface area contributed by atoms with Crippen LogP contribution >= 0.6 is 11.3 Å². The highest BCUT2D eigenvalue weighted by molar-refractivity contribution is 7.07. The topological polar surface area (TPSA) is 99.4 Å². The second-order valence-electron chi connectivity index (χ2n) is 7.74. The van der Waals surface area contributed by atoms with Crippen LogP contribution in [0.5, 0.6) is 17.2 Å². The number of carbonyl (C=O) groups is 1. The Morgan fingerprint density at radius 3 is 2.51 bits per heavy atom. The maximum Gasteiger partial charge on any atom is 0.338 e. The van der Waals surface area contributed by atoms with E-state index in [1.165, 1.54) is 29.1 Å². The lowest BCUT2D eigenvalue weighted by molar-refractivity contribution is -0.136. The molecule has 0 radical (unpaired) electrons. The largest absolute Gasteiger partial charge is 0.504 e. The van der Waals surface area contributed by atoms with Gasteiger partial charge in [-0.25, -0.2) is 9.79 Å². The van der Waals surface area contributed by atoms with Gasteiger partial charge in [-0.1, -0.05) is 29.5 Å². The van der Waals surface area contributed by atoms with Crippen molar-refractivity contribution in [2.75, 3.05) is 20.3 Å². The van der Waals surface area contributed by atoms with Crippen molar-refractivity contribution in [1.82, 2.24) is 4.57 Å². The molecule has 1 aliphatic heterocycles. The van der Waals surface area contributed by atoms with Gasteiger partial charge in [-0.05, 0) is 62.2 Å². The number of ether oxygens (including phenoxy) is 3. The molecule has 1 atom stereocenters. The van der Waals surface area contributed by atoms with Crippen molar-refractivity contribution in [2.24, 2.45) is 4.99 Å². The fraction of sp³-hybridized carbons (Fsp3) is 0.269. The second kappa shape index (κ2) is 10.2. The number of carbonyl (C=O) groups excluding carboxylic acids is 1. The molecule has 4 rings (SSSR count). The zero-order valence-corrected chi connectivity index (χ0v) is 20.7. The molecule has 0 fully saturated rings. The Bertz CT molecular complexity index is 1470. The minimum Gasteiger partial charge on any atom is -0.504 e. The molecular formula is C26H26N2O6S. The van der Waals surface area contributed by atoms with Gasteiger partial charge in [-0.15, -0.1) is 0 Å². The first-order valence-electron chi connectivity index (χ1n) is 11.2. The van der Waals surface area contributed by atoms with Gasteiger partial charge in [0.2, 0.25) is 0 Å². The van der Waals surface area contributed by atoms with E-state index in [2.05, 4.69) is 4.99 Å². The molecule has 1 unspecified atom stereocenters. The summed E-state index contributed by atoms with van der Waals surface area (Å²) in [5.74, 6) is 0.519. The summed E-state index contributed by atoms with van der Waals surface area (Å²) >= 11 is 1.23. The van der Waals surface area contributed by atoms with Gasteiger partial charge in [0, 0.05) is 0 Å². The van der Waals surface area contributed by atoms with Crippen molar-refractivity contribution in [1.29, 1.82) is 0 Å². The van der Waals surface area contributed by atoms with Crippen LogP contribution in [0.25, 0.3) is 6.08 Å². The summed E-state index contributed by atoms with van der Waals surface area (Å²) in [6, 6.07) is 11.5. The molecule has 9 heteroatoms. The number of methoxy groups -OCH3 is 1. The van der Waals surface area contributed by atoms with E-state index < -0.39 is 12.0 Å². The quantitative estimate of drug-likeness (QED) is 0.507. The number of benzene rings is 2. The van der Waals surface area contributed by atoms with Gasteiger partial charge < -0.3 is 19.3 Å². The number of aromatic nitrogens is 1. The molecule has 0 amide bonds. The summed E-state index contributed by atoms with van der Waals surface area (Å²) in [4.78, 5) is 31.4. The number of allylic oxidation sites excluding steroid dienone is 1. The van der Waals surface area contributed by atoms with Gasteiger partial charge in [-0.3, -0.25) is 9.36 Å². The maximum atomic E-state index is 13.6. The second-order valence-corrected chi connectivity index (χ2v) is 8.74. The van der Waals surface area contributed by atoms with E-state index in [-0.39, 0.29) is 11.3 Å². The number of hydrogen-bond donors (Lipinski definition) is 1. The fourth-order valence-corrected chi connectivity index (χ4v) is 5.01. The third-order valence-corrected chi connectivity index (χ3v) is 6.50. The van der Waals surface area contributed by atoms with Gasteiger partial charge in [0.15, 0.2) is 16.3 Å². The summed E-state index contributed by atoms with van der Waals surface area (Å²) in [5, 5.41) is 9.99. The van der Waals surface area contributed by atoms with E-state index in [1.807, 2.05) is 38.1 Å². The van der Waals surface area contributed by atoms with Gasteiger partial charge in [0.05, 0.1) is 42.2 Å². The average Bonchev–Trinajstić information content (AvgIpc) is 3.15. The SMILES string of the molecule is CCOc1ccc(C2C(C(=O)OC)=C(C)N=c3s/c(=C\c4ccc(O)c(OCC)c4)c(=O)n32)cc1. The molecular weight excluding hydrogens is 468 g/mol. The fourth-order valence-electron chi connectivity index (χ4n) is 3.96. The van der Waals surface area contributed by atoms with Crippen LogP contribution in [0.2, 0.25) is 0 Å². The van der Waals surface area contributed by atoms with Crippen LogP contribution in [0.1, 0.15) is 37.9 Å². The predicted octanol–water partition coefficient (Wildman–Crippen LogP) is 2.91. The average molecular weight is 495 g/mol. The van der Waals surface area contributed by atoms with Crippen molar-refractivity contribution in [2.45, 2.75) is 26.8 Å². The van der Waals surface area contributed by atoms with Crippen molar-refractivity contribution in [3.8, 4) is 17.2 Å². The van der Waals surface area contributed by atoms with E-state index in [0.29, 0.717) is 50.9 Å². The van der Waals surface area contributed by atoms with Gasteiger partial charge in [0.25, 0.3) is 5.56 Å². The number of nitrogens with zero attached hydrogens (tertiary/aromatic N) is 2. The first-order valence-corrected chi connectivity index (χ1v) is 12.0. The number of phenols is 1. The smallest absolute Gasteiger partial charge is 0.338 e. The minimum absolute atomic E-state index is 0.0271. The molecule has 2 aromatic carbocycles. The number of aromatic hydroxyl groups is 1. The van der Waals surface area contributed by atoms with Crippen molar-refractivity contribution in [3.05, 3.63) is 84.5 Å². The number of phenolic OH excluding ortho intramolecular Hbond substituents is 1. The van der Waals surface area contributed by atoms with Crippen molar-refractivity contribution in [3.63, 3.8) is 0 Å². The highest BCUT2D eigenvalue weighted by atomic mass is 32.1. The van der Waals surface area contributed by atoms with Crippen LogP contribution in [0.3, 0.4) is 0 Å². The molecule has 8 nitrogen and oxygen atoms in total. The molecule has 0 spiro atoms. The number of fused-ring (bicyclic) bond motifs is 1.